The third-order valence-electron chi connectivity index (χ3n) is 4.27. The van der Waals surface area contributed by atoms with E-state index in [1.807, 2.05) is 37.3 Å². The summed E-state index contributed by atoms with van der Waals surface area (Å²) in [6, 6.07) is 11.8. The molecule has 8 heteroatoms. The van der Waals surface area contributed by atoms with Crippen LogP contribution in [0.3, 0.4) is 0 Å². The average molecular weight is 413 g/mol. The van der Waals surface area contributed by atoms with Gasteiger partial charge >= 0.3 is 0 Å². The third kappa shape index (κ3) is 6.91. The SMILES string of the molecule is CC(=O)n1cc2cc(OCC(C)OCCOCCOCc3ccccc3)ncc2n1. The molecule has 1 aromatic carbocycles. The fourth-order valence-electron chi connectivity index (χ4n) is 2.69. The van der Waals surface area contributed by atoms with Crippen molar-refractivity contribution in [3.05, 3.63) is 54.4 Å². The molecule has 0 fully saturated rings. The molecule has 0 saturated carbocycles. The van der Waals surface area contributed by atoms with Crippen molar-refractivity contribution in [1.82, 2.24) is 14.8 Å². The minimum atomic E-state index is -0.152. The van der Waals surface area contributed by atoms with E-state index in [1.165, 1.54) is 11.6 Å². The lowest BCUT2D eigenvalue weighted by atomic mass is 10.2. The van der Waals surface area contributed by atoms with Gasteiger partial charge in [0.15, 0.2) is 0 Å². The Kier molecular flexibility index (Phi) is 8.31. The van der Waals surface area contributed by atoms with Crippen LogP contribution in [-0.4, -0.2) is 59.8 Å². The molecule has 160 valence electrons. The van der Waals surface area contributed by atoms with Gasteiger partial charge in [0.25, 0.3) is 0 Å². The molecule has 1 unspecified atom stereocenters. The zero-order valence-electron chi connectivity index (χ0n) is 17.3. The largest absolute Gasteiger partial charge is 0.475 e. The lowest BCUT2D eigenvalue weighted by Gasteiger charge is -2.14. The maximum absolute atomic E-state index is 11.4. The molecule has 0 amide bonds. The fourth-order valence-corrected chi connectivity index (χ4v) is 2.69. The Bertz CT molecular complexity index is 929. The van der Waals surface area contributed by atoms with Gasteiger partial charge in [0.05, 0.1) is 45.3 Å². The van der Waals surface area contributed by atoms with Crippen molar-refractivity contribution in [3.8, 4) is 5.88 Å². The van der Waals surface area contributed by atoms with E-state index in [0.29, 0.717) is 51.0 Å². The number of ether oxygens (including phenoxy) is 4. The Morgan fingerprint density at radius 3 is 2.67 bits per heavy atom. The van der Waals surface area contributed by atoms with Crippen molar-refractivity contribution in [2.24, 2.45) is 0 Å². The van der Waals surface area contributed by atoms with Crippen LogP contribution in [0, 0.1) is 0 Å². The number of rotatable bonds is 12. The Labute approximate surface area is 175 Å². The first kappa shape index (κ1) is 21.9. The predicted molar refractivity (Wildman–Crippen MR) is 112 cm³/mol. The van der Waals surface area contributed by atoms with Crippen LogP contribution in [0.5, 0.6) is 5.88 Å². The van der Waals surface area contributed by atoms with Gasteiger partial charge in [-0.25, -0.2) is 9.67 Å². The highest BCUT2D eigenvalue weighted by Crippen LogP contribution is 2.17. The summed E-state index contributed by atoms with van der Waals surface area (Å²) in [7, 11) is 0. The molecule has 8 nitrogen and oxygen atoms in total. The van der Waals surface area contributed by atoms with Crippen LogP contribution < -0.4 is 4.74 Å². The maximum atomic E-state index is 11.4. The molecule has 0 bridgehead atoms. The van der Waals surface area contributed by atoms with Crippen LogP contribution in [0.2, 0.25) is 0 Å². The minimum absolute atomic E-state index is 0.111. The van der Waals surface area contributed by atoms with Gasteiger partial charge in [-0.15, -0.1) is 0 Å². The summed E-state index contributed by atoms with van der Waals surface area (Å²) in [5.41, 5.74) is 1.79. The standard InChI is InChI=1S/C22H27N3O5/c1-17(29-11-10-27-8-9-28-16-19-6-4-3-5-7-19)15-30-22-12-20-14-25(18(2)26)24-21(20)13-23-22/h3-7,12-14,17H,8-11,15-16H2,1-2H3. The molecule has 3 aromatic rings. The topological polar surface area (TPSA) is 84.7 Å². The number of nitrogens with zero attached hydrogens (tertiary/aromatic N) is 3. The normalized spacial score (nSPS) is 12.2. The number of carbonyl (C=O) groups is 1. The summed E-state index contributed by atoms with van der Waals surface area (Å²) in [6.45, 7) is 6.37. The molecule has 3 rings (SSSR count). The van der Waals surface area contributed by atoms with Crippen LogP contribution in [-0.2, 0) is 20.8 Å². The average Bonchev–Trinajstić information content (AvgIpc) is 3.19. The molecule has 1 atom stereocenters. The van der Waals surface area contributed by atoms with Gasteiger partial charge in [0, 0.05) is 24.6 Å². The number of aromatic nitrogens is 3. The van der Waals surface area contributed by atoms with Gasteiger partial charge in [0.2, 0.25) is 11.8 Å². The van der Waals surface area contributed by atoms with Crippen LogP contribution in [0.25, 0.3) is 10.9 Å². The maximum Gasteiger partial charge on any atom is 0.243 e. The minimum Gasteiger partial charge on any atom is -0.475 e. The summed E-state index contributed by atoms with van der Waals surface area (Å²) in [6.07, 6.45) is 3.14. The molecule has 2 aromatic heterocycles. The van der Waals surface area contributed by atoms with Crippen LogP contribution in [0.4, 0.5) is 0 Å². The zero-order valence-corrected chi connectivity index (χ0v) is 17.3. The van der Waals surface area contributed by atoms with E-state index >= 15 is 0 Å². The molecule has 0 aliphatic carbocycles. The van der Waals surface area contributed by atoms with E-state index in [-0.39, 0.29) is 12.0 Å². The number of benzene rings is 1. The first-order chi connectivity index (χ1) is 14.6. The highest BCUT2D eigenvalue weighted by atomic mass is 16.6. The second-order valence-corrected chi connectivity index (χ2v) is 6.82. The molecule has 0 aliphatic rings. The molecule has 0 spiro atoms. The van der Waals surface area contributed by atoms with E-state index in [2.05, 4.69) is 10.1 Å². The van der Waals surface area contributed by atoms with Gasteiger partial charge in [-0.1, -0.05) is 30.3 Å². The van der Waals surface area contributed by atoms with Crippen LogP contribution in [0.15, 0.2) is 48.8 Å². The molecular weight excluding hydrogens is 386 g/mol. The summed E-state index contributed by atoms with van der Waals surface area (Å²) < 4.78 is 23.7. The Balaban J connectivity index is 1.25. The number of pyridine rings is 1. The molecule has 0 aliphatic heterocycles. The highest BCUT2D eigenvalue weighted by molar-refractivity contribution is 5.84. The van der Waals surface area contributed by atoms with Crippen molar-refractivity contribution in [1.29, 1.82) is 0 Å². The summed E-state index contributed by atoms with van der Waals surface area (Å²) in [5, 5.41) is 4.94. The quantitative estimate of drug-likeness (QED) is 0.422. The van der Waals surface area contributed by atoms with Gasteiger partial charge in [-0.2, -0.15) is 5.10 Å². The molecule has 0 radical (unpaired) electrons. The third-order valence-corrected chi connectivity index (χ3v) is 4.27. The Hall–Kier alpha value is -2.81. The van der Waals surface area contributed by atoms with Crippen LogP contribution >= 0.6 is 0 Å². The second-order valence-electron chi connectivity index (χ2n) is 6.82. The second kappa shape index (κ2) is 11.4. The smallest absolute Gasteiger partial charge is 0.243 e. The molecule has 2 heterocycles. The Morgan fingerprint density at radius 1 is 1.10 bits per heavy atom. The number of fused-ring (bicyclic) bond motifs is 1. The first-order valence-corrected chi connectivity index (χ1v) is 9.92. The monoisotopic (exact) mass is 413 g/mol. The van der Waals surface area contributed by atoms with Crippen molar-refractivity contribution in [2.75, 3.05) is 33.0 Å². The van der Waals surface area contributed by atoms with Gasteiger partial charge < -0.3 is 18.9 Å². The van der Waals surface area contributed by atoms with E-state index in [1.54, 1.807) is 18.5 Å². The molecule has 0 saturated heterocycles. The van der Waals surface area contributed by atoms with E-state index in [4.69, 9.17) is 18.9 Å². The van der Waals surface area contributed by atoms with Crippen molar-refractivity contribution in [2.45, 2.75) is 26.6 Å². The van der Waals surface area contributed by atoms with Gasteiger partial charge in [-0.3, -0.25) is 4.79 Å². The molecular formula is C22H27N3O5. The first-order valence-electron chi connectivity index (χ1n) is 9.92. The summed E-state index contributed by atoms with van der Waals surface area (Å²) in [5.74, 6) is 0.313. The summed E-state index contributed by atoms with van der Waals surface area (Å²) >= 11 is 0. The van der Waals surface area contributed by atoms with E-state index < -0.39 is 0 Å². The molecule has 0 N–H and O–H groups in total. The van der Waals surface area contributed by atoms with E-state index in [0.717, 1.165) is 10.9 Å². The van der Waals surface area contributed by atoms with Gasteiger partial charge in [-0.05, 0) is 12.5 Å². The van der Waals surface area contributed by atoms with Crippen LogP contribution in [0.1, 0.15) is 24.2 Å². The lowest BCUT2D eigenvalue weighted by Crippen LogP contribution is -2.21. The van der Waals surface area contributed by atoms with Gasteiger partial charge in [0.1, 0.15) is 12.1 Å². The number of carbonyl (C=O) groups excluding carboxylic acids is 1. The van der Waals surface area contributed by atoms with Crippen molar-refractivity contribution < 1.29 is 23.7 Å². The zero-order chi connectivity index (χ0) is 21.2. The molecule has 30 heavy (non-hydrogen) atoms. The Morgan fingerprint density at radius 2 is 1.87 bits per heavy atom. The summed E-state index contributed by atoms with van der Waals surface area (Å²) in [4.78, 5) is 15.6. The lowest BCUT2D eigenvalue weighted by molar-refractivity contribution is -0.0203. The van der Waals surface area contributed by atoms with E-state index in [9.17, 15) is 4.79 Å². The fraction of sp³-hybridized carbons (Fsp3) is 0.409. The van der Waals surface area contributed by atoms with Crippen molar-refractivity contribution in [3.63, 3.8) is 0 Å². The highest BCUT2D eigenvalue weighted by Gasteiger charge is 2.08. The number of hydrogen-bond acceptors (Lipinski definition) is 7. The number of hydrogen-bond donors (Lipinski definition) is 0. The van der Waals surface area contributed by atoms with Crippen molar-refractivity contribution >= 4 is 16.8 Å². The predicted octanol–water partition coefficient (Wildman–Crippen LogP) is 3.11.